The molecule has 1 amide bonds. The summed E-state index contributed by atoms with van der Waals surface area (Å²) in [6, 6.07) is 13.9. The van der Waals surface area contributed by atoms with E-state index in [2.05, 4.69) is 39.9 Å². The van der Waals surface area contributed by atoms with Gasteiger partial charge in [0.1, 0.15) is 5.75 Å². The van der Waals surface area contributed by atoms with E-state index in [1.54, 1.807) is 6.92 Å². The SMILES string of the molecule is C[C@@H](Oc1cccc2ccccc12)C(=O)NC(C)(C)CC(C)(C)C. The summed E-state index contributed by atoms with van der Waals surface area (Å²) in [6.45, 7) is 12.4. The van der Waals surface area contributed by atoms with Crippen molar-refractivity contribution in [2.45, 2.75) is 59.6 Å². The van der Waals surface area contributed by atoms with Crippen molar-refractivity contribution in [3.8, 4) is 5.75 Å². The van der Waals surface area contributed by atoms with Crippen molar-refractivity contribution < 1.29 is 9.53 Å². The van der Waals surface area contributed by atoms with Gasteiger partial charge in [-0.05, 0) is 44.1 Å². The minimum Gasteiger partial charge on any atom is -0.480 e. The maximum Gasteiger partial charge on any atom is 0.261 e. The number of carbonyl (C=O) groups is 1. The largest absolute Gasteiger partial charge is 0.480 e. The van der Waals surface area contributed by atoms with E-state index in [1.165, 1.54) is 0 Å². The second kappa shape index (κ2) is 6.84. The molecule has 0 aliphatic heterocycles. The summed E-state index contributed by atoms with van der Waals surface area (Å²) >= 11 is 0. The molecule has 0 radical (unpaired) electrons. The van der Waals surface area contributed by atoms with Gasteiger partial charge in [0.15, 0.2) is 6.10 Å². The van der Waals surface area contributed by atoms with Crippen LogP contribution in [-0.4, -0.2) is 17.6 Å². The molecule has 1 atom stereocenters. The van der Waals surface area contributed by atoms with Crippen LogP contribution in [0.2, 0.25) is 0 Å². The van der Waals surface area contributed by atoms with Gasteiger partial charge in [-0.15, -0.1) is 0 Å². The predicted octanol–water partition coefficient (Wildman–Crippen LogP) is 4.94. The molecule has 2 aromatic rings. The molecule has 130 valence electrons. The molecule has 0 unspecified atom stereocenters. The second-order valence-corrected chi connectivity index (χ2v) is 8.35. The highest BCUT2D eigenvalue weighted by molar-refractivity contribution is 5.89. The maximum absolute atomic E-state index is 12.5. The summed E-state index contributed by atoms with van der Waals surface area (Å²) in [5, 5.41) is 5.25. The topological polar surface area (TPSA) is 38.3 Å². The van der Waals surface area contributed by atoms with Crippen molar-refractivity contribution in [1.29, 1.82) is 0 Å². The summed E-state index contributed by atoms with van der Waals surface area (Å²) in [5.74, 6) is 0.654. The van der Waals surface area contributed by atoms with E-state index in [9.17, 15) is 4.79 Å². The Balaban J connectivity index is 2.08. The quantitative estimate of drug-likeness (QED) is 0.845. The molecule has 0 aliphatic rings. The van der Waals surface area contributed by atoms with Crippen LogP contribution >= 0.6 is 0 Å². The predicted molar refractivity (Wildman–Crippen MR) is 100 cm³/mol. The molecule has 0 fully saturated rings. The van der Waals surface area contributed by atoms with Crippen LogP contribution in [0.15, 0.2) is 42.5 Å². The smallest absolute Gasteiger partial charge is 0.261 e. The van der Waals surface area contributed by atoms with Crippen LogP contribution in [0, 0.1) is 5.41 Å². The Bertz CT molecular complexity index is 708. The van der Waals surface area contributed by atoms with Crippen molar-refractivity contribution in [3.63, 3.8) is 0 Å². The number of benzene rings is 2. The standard InChI is InChI=1S/C21H29NO2/c1-15(19(23)22-21(5,6)14-20(2,3)4)24-18-13-9-11-16-10-7-8-12-17(16)18/h7-13,15H,14H2,1-6H3,(H,22,23)/t15-/m1/s1. The van der Waals surface area contributed by atoms with Crippen LogP contribution < -0.4 is 10.1 Å². The van der Waals surface area contributed by atoms with E-state index in [1.807, 2.05) is 42.5 Å². The Morgan fingerprint density at radius 2 is 1.67 bits per heavy atom. The van der Waals surface area contributed by atoms with Gasteiger partial charge in [0.2, 0.25) is 0 Å². The molecule has 0 saturated carbocycles. The fraction of sp³-hybridized carbons (Fsp3) is 0.476. The fourth-order valence-electron chi connectivity index (χ4n) is 3.35. The van der Waals surface area contributed by atoms with Gasteiger partial charge in [0.05, 0.1) is 0 Å². The molecule has 0 saturated heterocycles. The zero-order valence-corrected chi connectivity index (χ0v) is 15.6. The second-order valence-electron chi connectivity index (χ2n) is 8.35. The summed E-state index contributed by atoms with van der Waals surface area (Å²) in [6.07, 6.45) is 0.349. The van der Waals surface area contributed by atoms with Crippen LogP contribution in [0.3, 0.4) is 0 Å². The van der Waals surface area contributed by atoms with Gasteiger partial charge in [0, 0.05) is 10.9 Å². The van der Waals surface area contributed by atoms with E-state index in [-0.39, 0.29) is 16.9 Å². The van der Waals surface area contributed by atoms with Crippen molar-refractivity contribution >= 4 is 16.7 Å². The molecule has 3 heteroatoms. The molecular formula is C21H29NO2. The molecule has 0 spiro atoms. The van der Waals surface area contributed by atoms with Gasteiger partial charge in [-0.25, -0.2) is 0 Å². The van der Waals surface area contributed by atoms with E-state index in [4.69, 9.17) is 4.74 Å². The van der Waals surface area contributed by atoms with Gasteiger partial charge >= 0.3 is 0 Å². The number of carbonyl (C=O) groups excluding carboxylic acids is 1. The Morgan fingerprint density at radius 1 is 1.04 bits per heavy atom. The van der Waals surface area contributed by atoms with Gasteiger partial charge in [0.25, 0.3) is 5.91 Å². The zero-order valence-electron chi connectivity index (χ0n) is 15.6. The van der Waals surface area contributed by atoms with Gasteiger partial charge in [-0.2, -0.15) is 0 Å². The van der Waals surface area contributed by atoms with E-state index < -0.39 is 6.10 Å². The van der Waals surface area contributed by atoms with Gasteiger partial charge in [-0.1, -0.05) is 57.2 Å². The lowest BCUT2D eigenvalue weighted by molar-refractivity contribution is -0.129. The molecule has 0 bridgehead atoms. The minimum atomic E-state index is -0.546. The Labute approximate surface area is 145 Å². The Morgan fingerprint density at radius 3 is 2.33 bits per heavy atom. The van der Waals surface area contributed by atoms with Crippen LogP contribution in [0.4, 0.5) is 0 Å². The number of fused-ring (bicyclic) bond motifs is 1. The number of rotatable bonds is 5. The average Bonchev–Trinajstić information content (AvgIpc) is 2.44. The van der Waals surface area contributed by atoms with E-state index in [0.717, 1.165) is 22.9 Å². The number of ether oxygens (including phenoxy) is 1. The van der Waals surface area contributed by atoms with Crippen molar-refractivity contribution in [1.82, 2.24) is 5.32 Å². The lowest BCUT2D eigenvalue weighted by atomic mass is 9.81. The lowest BCUT2D eigenvalue weighted by Crippen LogP contribution is -2.50. The maximum atomic E-state index is 12.5. The van der Waals surface area contributed by atoms with Crippen LogP contribution in [-0.2, 0) is 4.79 Å². The molecule has 0 aliphatic carbocycles. The van der Waals surface area contributed by atoms with Gasteiger partial charge in [-0.3, -0.25) is 4.79 Å². The minimum absolute atomic E-state index is 0.0859. The first-order chi connectivity index (χ1) is 11.1. The molecule has 3 nitrogen and oxygen atoms in total. The molecule has 0 aromatic heterocycles. The first-order valence-electron chi connectivity index (χ1n) is 8.54. The molecule has 24 heavy (non-hydrogen) atoms. The molecule has 1 N–H and O–H groups in total. The fourth-order valence-corrected chi connectivity index (χ4v) is 3.35. The van der Waals surface area contributed by atoms with Crippen LogP contribution in [0.5, 0.6) is 5.75 Å². The van der Waals surface area contributed by atoms with E-state index in [0.29, 0.717) is 0 Å². The summed E-state index contributed by atoms with van der Waals surface area (Å²) in [4.78, 5) is 12.5. The monoisotopic (exact) mass is 327 g/mol. The highest BCUT2D eigenvalue weighted by atomic mass is 16.5. The van der Waals surface area contributed by atoms with Gasteiger partial charge < -0.3 is 10.1 Å². The molecular weight excluding hydrogens is 298 g/mol. The summed E-state index contributed by atoms with van der Waals surface area (Å²) < 4.78 is 5.95. The third-order valence-corrected chi connectivity index (χ3v) is 3.86. The Hall–Kier alpha value is -2.03. The molecule has 0 heterocycles. The molecule has 2 rings (SSSR count). The number of hydrogen-bond acceptors (Lipinski definition) is 2. The molecule has 2 aromatic carbocycles. The van der Waals surface area contributed by atoms with Crippen molar-refractivity contribution in [2.24, 2.45) is 5.41 Å². The zero-order chi connectivity index (χ0) is 18.0. The van der Waals surface area contributed by atoms with Crippen molar-refractivity contribution in [2.75, 3.05) is 0 Å². The normalized spacial score (nSPS) is 13.6. The lowest BCUT2D eigenvalue weighted by Gasteiger charge is -2.34. The van der Waals surface area contributed by atoms with Crippen molar-refractivity contribution in [3.05, 3.63) is 42.5 Å². The number of amides is 1. The highest BCUT2D eigenvalue weighted by Crippen LogP contribution is 2.28. The summed E-state index contributed by atoms with van der Waals surface area (Å²) in [5.41, 5.74) is -0.123. The van der Waals surface area contributed by atoms with Crippen LogP contribution in [0.25, 0.3) is 10.8 Å². The highest BCUT2D eigenvalue weighted by Gasteiger charge is 2.29. The number of nitrogens with one attached hydrogen (secondary N) is 1. The third kappa shape index (κ3) is 4.98. The number of hydrogen-bond donors (Lipinski definition) is 1. The van der Waals surface area contributed by atoms with E-state index >= 15 is 0 Å². The third-order valence-electron chi connectivity index (χ3n) is 3.86. The Kier molecular flexibility index (Phi) is 5.22. The summed E-state index contributed by atoms with van der Waals surface area (Å²) in [7, 11) is 0. The first kappa shape index (κ1) is 18.3. The first-order valence-corrected chi connectivity index (χ1v) is 8.54. The average molecular weight is 327 g/mol. The van der Waals surface area contributed by atoms with Crippen LogP contribution in [0.1, 0.15) is 48.0 Å².